The van der Waals surface area contributed by atoms with Crippen LogP contribution < -0.4 is 11.1 Å². The predicted molar refractivity (Wildman–Crippen MR) is 70.1 cm³/mol. The minimum atomic E-state index is 0.546. The second-order valence-corrected chi connectivity index (χ2v) is 4.28. The maximum atomic E-state index is 5.52. The highest BCUT2D eigenvalue weighted by Crippen LogP contribution is 2.21. The first-order valence-corrected chi connectivity index (χ1v) is 5.74. The van der Waals surface area contributed by atoms with Crippen molar-refractivity contribution in [1.82, 2.24) is 4.98 Å². The molecule has 3 N–H and O–H groups in total. The van der Waals surface area contributed by atoms with Crippen molar-refractivity contribution in [2.75, 3.05) is 11.1 Å². The minimum absolute atomic E-state index is 0.546. The maximum Gasteiger partial charge on any atom is 0.123 e. The third-order valence-corrected chi connectivity index (χ3v) is 2.90. The molecule has 1 aromatic heterocycles. The molecular formula is C12H12BrN3. The minimum Gasteiger partial charge on any atom is -0.384 e. The smallest absolute Gasteiger partial charge is 0.123 e. The van der Waals surface area contributed by atoms with Gasteiger partial charge in [0.2, 0.25) is 0 Å². The van der Waals surface area contributed by atoms with Crippen molar-refractivity contribution in [1.29, 1.82) is 0 Å². The zero-order valence-electron chi connectivity index (χ0n) is 8.65. The van der Waals surface area contributed by atoms with Gasteiger partial charge in [0.25, 0.3) is 0 Å². The molecule has 82 valence electrons. The molecule has 3 nitrogen and oxygen atoms in total. The van der Waals surface area contributed by atoms with Gasteiger partial charge in [0.1, 0.15) is 5.82 Å². The maximum absolute atomic E-state index is 5.52. The Balaban J connectivity index is 2.02. The summed E-state index contributed by atoms with van der Waals surface area (Å²) in [5.74, 6) is 0.546. The van der Waals surface area contributed by atoms with Gasteiger partial charge in [-0.05, 0) is 39.7 Å². The first-order valence-electron chi connectivity index (χ1n) is 4.94. The molecule has 2 aromatic rings. The number of nitrogens with zero attached hydrogens (tertiary/aromatic N) is 1. The molecule has 0 aliphatic heterocycles. The lowest BCUT2D eigenvalue weighted by Crippen LogP contribution is -2.01. The number of nitrogens with one attached hydrogen (secondary N) is 1. The molecule has 16 heavy (non-hydrogen) atoms. The summed E-state index contributed by atoms with van der Waals surface area (Å²) in [5, 5.41) is 3.32. The van der Waals surface area contributed by atoms with E-state index >= 15 is 0 Å². The lowest BCUT2D eigenvalue weighted by atomic mass is 10.2. The van der Waals surface area contributed by atoms with E-state index in [0.29, 0.717) is 5.82 Å². The molecule has 0 unspecified atom stereocenters. The SMILES string of the molecule is Nc1ccc(CNc2ccccc2Br)cn1. The summed E-state index contributed by atoms with van der Waals surface area (Å²) in [6.45, 7) is 0.732. The van der Waals surface area contributed by atoms with Crippen LogP contribution in [-0.2, 0) is 6.54 Å². The molecule has 0 atom stereocenters. The van der Waals surface area contributed by atoms with E-state index in [0.717, 1.165) is 22.3 Å². The summed E-state index contributed by atoms with van der Waals surface area (Å²) in [7, 11) is 0. The van der Waals surface area contributed by atoms with Crippen LogP contribution in [-0.4, -0.2) is 4.98 Å². The molecule has 2 rings (SSSR count). The zero-order valence-corrected chi connectivity index (χ0v) is 10.2. The standard InChI is InChI=1S/C12H12BrN3/c13-10-3-1-2-4-11(10)15-7-9-5-6-12(14)16-8-9/h1-6,8,15H,7H2,(H2,14,16). The van der Waals surface area contributed by atoms with Gasteiger partial charge in [0.05, 0.1) is 0 Å². The van der Waals surface area contributed by atoms with E-state index in [1.165, 1.54) is 0 Å². The average Bonchev–Trinajstić information content (AvgIpc) is 2.30. The average molecular weight is 278 g/mol. The van der Waals surface area contributed by atoms with Crippen molar-refractivity contribution in [3.8, 4) is 0 Å². The second-order valence-electron chi connectivity index (χ2n) is 3.42. The van der Waals surface area contributed by atoms with E-state index in [1.807, 2.05) is 30.3 Å². The summed E-state index contributed by atoms with van der Waals surface area (Å²) < 4.78 is 1.05. The van der Waals surface area contributed by atoms with Crippen LogP contribution >= 0.6 is 15.9 Å². The summed E-state index contributed by atoms with van der Waals surface area (Å²) in [6.07, 6.45) is 1.78. The molecule has 0 fully saturated rings. The molecule has 1 heterocycles. The van der Waals surface area contributed by atoms with Gasteiger partial charge in [-0.1, -0.05) is 18.2 Å². The summed E-state index contributed by atoms with van der Waals surface area (Å²) in [5.41, 5.74) is 7.69. The largest absolute Gasteiger partial charge is 0.384 e. The lowest BCUT2D eigenvalue weighted by molar-refractivity contribution is 1.11. The number of hydrogen-bond acceptors (Lipinski definition) is 3. The molecule has 0 radical (unpaired) electrons. The van der Waals surface area contributed by atoms with Crippen molar-refractivity contribution in [3.63, 3.8) is 0 Å². The Morgan fingerprint density at radius 3 is 2.69 bits per heavy atom. The number of para-hydroxylation sites is 1. The number of nitrogens with two attached hydrogens (primary N) is 1. The molecule has 0 bridgehead atoms. The number of hydrogen-bond donors (Lipinski definition) is 2. The highest BCUT2D eigenvalue weighted by molar-refractivity contribution is 9.10. The van der Waals surface area contributed by atoms with Crippen LogP contribution in [0.3, 0.4) is 0 Å². The molecular weight excluding hydrogens is 266 g/mol. The molecule has 4 heteroatoms. The quantitative estimate of drug-likeness (QED) is 0.907. The number of pyridine rings is 1. The van der Waals surface area contributed by atoms with E-state index in [1.54, 1.807) is 12.3 Å². The second kappa shape index (κ2) is 4.99. The monoisotopic (exact) mass is 277 g/mol. The Bertz CT molecular complexity index is 468. The molecule has 0 saturated carbocycles. The van der Waals surface area contributed by atoms with Crippen molar-refractivity contribution >= 4 is 27.4 Å². The van der Waals surface area contributed by atoms with Crippen molar-refractivity contribution in [2.24, 2.45) is 0 Å². The lowest BCUT2D eigenvalue weighted by Gasteiger charge is -2.08. The molecule has 0 aliphatic rings. The van der Waals surface area contributed by atoms with Crippen molar-refractivity contribution < 1.29 is 0 Å². The normalized spacial score (nSPS) is 10.1. The number of nitrogen functional groups attached to an aromatic ring is 1. The Kier molecular flexibility index (Phi) is 3.41. The summed E-state index contributed by atoms with van der Waals surface area (Å²) >= 11 is 3.48. The fraction of sp³-hybridized carbons (Fsp3) is 0.0833. The Labute approximate surface area is 103 Å². The van der Waals surface area contributed by atoms with Crippen LogP contribution in [0.4, 0.5) is 11.5 Å². The van der Waals surface area contributed by atoms with E-state index in [9.17, 15) is 0 Å². The highest BCUT2D eigenvalue weighted by atomic mass is 79.9. The van der Waals surface area contributed by atoms with Gasteiger partial charge in [0, 0.05) is 22.9 Å². The van der Waals surface area contributed by atoms with Gasteiger partial charge in [-0.2, -0.15) is 0 Å². The fourth-order valence-corrected chi connectivity index (χ4v) is 1.77. The van der Waals surface area contributed by atoms with Crippen molar-refractivity contribution in [2.45, 2.75) is 6.54 Å². The van der Waals surface area contributed by atoms with Crippen LogP contribution in [0.25, 0.3) is 0 Å². The van der Waals surface area contributed by atoms with Gasteiger partial charge in [-0.25, -0.2) is 4.98 Å². The summed E-state index contributed by atoms with van der Waals surface area (Å²) in [4.78, 5) is 4.04. The van der Waals surface area contributed by atoms with E-state index in [4.69, 9.17) is 5.73 Å². The van der Waals surface area contributed by atoms with Crippen LogP contribution in [0.5, 0.6) is 0 Å². The Morgan fingerprint density at radius 1 is 1.19 bits per heavy atom. The van der Waals surface area contributed by atoms with E-state index in [-0.39, 0.29) is 0 Å². The van der Waals surface area contributed by atoms with Gasteiger partial charge in [0.15, 0.2) is 0 Å². The highest BCUT2D eigenvalue weighted by Gasteiger charge is 1.98. The number of aromatic nitrogens is 1. The molecule has 0 aliphatic carbocycles. The molecule has 0 amide bonds. The third kappa shape index (κ3) is 2.73. The van der Waals surface area contributed by atoms with E-state index in [2.05, 4.69) is 26.2 Å². The number of anilines is 2. The summed E-state index contributed by atoms with van der Waals surface area (Å²) in [6, 6.07) is 11.8. The molecule has 1 aromatic carbocycles. The number of benzene rings is 1. The zero-order chi connectivity index (χ0) is 11.4. The van der Waals surface area contributed by atoms with Gasteiger partial charge in [-0.15, -0.1) is 0 Å². The Morgan fingerprint density at radius 2 is 2.00 bits per heavy atom. The van der Waals surface area contributed by atoms with Crippen LogP contribution in [0.2, 0.25) is 0 Å². The van der Waals surface area contributed by atoms with Crippen molar-refractivity contribution in [3.05, 3.63) is 52.6 Å². The third-order valence-electron chi connectivity index (χ3n) is 2.20. The van der Waals surface area contributed by atoms with Gasteiger partial charge < -0.3 is 11.1 Å². The first-order chi connectivity index (χ1) is 7.75. The molecule has 0 saturated heterocycles. The van der Waals surface area contributed by atoms with E-state index < -0.39 is 0 Å². The van der Waals surface area contributed by atoms with Crippen LogP contribution in [0.1, 0.15) is 5.56 Å². The number of rotatable bonds is 3. The fourth-order valence-electron chi connectivity index (χ4n) is 1.34. The van der Waals surface area contributed by atoms with Crippen LogP contribution in [0.15, 0.2) is 47.1 Å². The molecule has 0 spiro atoms. The van der Waals surface area contributed by atoms with Crippen LogP contribution in [0, 0.1) is 0 Å². The Hall–Kier alpha value is -1.55. The van der Waals surface area contributed by atoms with Gasteiger partial charge in [-0.3, -0.25) is 0 Å². The predicted octanol–water partition coefficient (Wildman–Crippen LogP) is 3.04. The first kappa shape index (κ1) is 11.0. The number of halogens is 1. The van der Waals surface area contributed by atoms with Gasteiger partial charge >= 0.3 is 0 Å². The topological polar surface area (TPSA) is 50.9 Å².